The second kappa shape index (κ2) is 5.34. The standard InChI is InChI=1S/C14H16N6S/c1-7-11(13(16-3)19-8(2)18-7)14-20-12-9(6-15)17-5-4-10(12)21-14/h4-5H,6,15H2,1-3H3,(H,16,18,19). The Balaban J connectivity index is 2.26. The molecule has 0 saturated carbocycles. The number of hydrogen-bond acceptors (Lipinski definition) is 7. The molecule has 0 aliphatic heterocycles. The summed E-state index contributed by atoms with van der Waals surface area (Å²) in [7, 11) is 1.85. The molecule has 0 unspecified atom stereocenters. The van der Waals surface area contributed by atoms with Crippen LogP contribution in [0.5, 0.6) is 0 Å². The monoisotopic (exact) mass is 300 g/mol. The lowest BCUT2D eigenvalue weighted by Crippen LogP contribution is -2.03. The molecule has 3 N–H and O–H groups in total. The number of rotatable bonds is 3. The van der Waals surface area contributed by atoms with Gasteiger partial charge in [-0.15, -0.1) is 11.3 Å². The van der Waals surface area contributed by atoms with Gasteiger partial charge in [0.05, 0.1) is 21.7 Å². The highest BCUT2D eigenvalue weighted by Gasteiger charge is 2.17. The summed E-state index contributed by atoms with van der Waals surface area (Å²) in [4.78, 5) is 17.9. The first-order valence-electron chi connectivity index (χ1n) is 6.62. The average molecular weight is 300 g/mol. The predicted molar refractivity (Wildman–Crippen MR) is 85.4 cm³/mol. The Labute approximate surface area is 126 Å². The van der Waals surface area contributed by atoms with Crippen LogP contribution in [0.2, 0.25) is 0 Å². The van der Waals surface area contributed by atoms with Crippen LogP contribution in [0.25, 0.3) is 20.8 Å². The number of fused-ring (bicyclic) bond motifs is 1. The topological polar surface area (TPSA) is 89.6 Å². The van der Waals surface area contributed by atoms with Crippen LogP contribution in [0, 0.1) is 13.8 Å². The quantitative estimate of drug-likeness (QED) is 0.771. The summed E-state index contributed by atoms with van der Waals surface area (Å²) < 4.78 is 1.07. The van der Waals surface area contributed by atoms with Gasteiger partial charge >= 0.3 is 0 Å². The van der Waals surface area contributed by atoms with Crippen molar-refractivity contribution >= 4 is 27.4 Å². The molecule has 0 aliphatic carbocycles. The maximum atomic E-state index is 5.73. The molecule has 0 atom stereocenters. The van der Waals surface area contributed by atoms with Crippen LogP contribution in [-0.4, -0.2) is 27.0 Å². The molecule has 7 heteroatoms. The molecule has 0 saturated heterocycles. The Kier molecular flexibility index (Phi) is 3.52. The average Bonchev–Trinajstić information content (AvgIpc) is 2.89. The van der Waals surface area contributed by atoms with E-state index in [1.807, 2.05) is 27.0 Å². The molecule has 0 aromatic carbocycles. The van der Waals surface area contributed by atoms with Gasteiger partial charge in [-0.1, -0.05) is 0 Å². The highest BCUT2D eigenvalue weighted by atomic mass is 32.1. The van der Waals surface area contributed by atoms with Gasteiger partial charge in [-0.3, -0.25) is 4.98 Å². The van der Waals surface area contributed by atoms with Crippen molar-refractivity contribution in [2.24, 2.45) is 5.73 Å². The van der Waals surface area contributed by atoms with Crippen LogP contribution in [0.4, 0.5) is 5.82 Å². The van der Waals surface area contributed by atoms with Crippen molar-refractivity contribution in [3.8, 4) is 10.6 Å². The van der Waals surface area contributed by atoms with Gasteiger partial charge in [-0.25, -0.2) is 15.0 Å². The van der Waals surface area contributed by atoms with E-state index in [2.05, 4.69) is 20.3 Å². The molecule has 0 radical (unpaired) electrons. The zero-order valence-corrected chi connectivity index (χ0v) is 13.0. The fourth-order valence-electron chi connectivity index (χ4n) is 2.31. The molecule has 0 spiro atoms. The van der Waals surface area contributed by atoms with Gasteiger partial charge in [0, 0.05) is 19.8 Å². The molecule has 0 amide bonds. The third-order valence-electron chi connectivity index (χ3n) is 3.23. The lowest BCUT2D eigenvalue weighted by atomic mass is 10.2. The van der Waals surface area contributed by atoms with E-state index in [-0.39, 0.29) is 0 Å². The number of thiazole rings is 1. The number of aryl methyl sites for hydroxylation is 2. The fraction of sp³-hybridized carbons (Fsp3) is 0.286. The molecule has 21 heavy (non-hydrogen) atoms. The fourth-order valence-corrected chi connectivity index (χ4v) is 3.39. The molecular weight excluding hydrogens is 284 g/mol. The van der Waals surface area contributed by atoms with E-state index < -0.39 is 0 Å². The molecular formula is C14H16N6S. The number of nitrogens with two attached hydrogens (primary N) is 1. The summed E-state index contributed by atoms with van der Waals surface area (Å²) in [5, 5.41) is 4.01. The van der Waals surface area contributed by atoms with E-state index in [1.54, 1.807) is 17.5 Å². The maximum absolute atomic E-state index is 5.73. The Bertz CT molecular complexity index is 811. The van der Waals surface area contributed by atoms with Crippen LogP contribution in [0.15, 0.2) is 12.3 Å². The zero-order valence-electron chi connectivity index (χ0n) is 12.1. The van der Waals surface area contributed by atoms with Gasteiger partial charge in [-0.2, -0.15) is 0 Å². The van der Waals surface area contributed by atoms with Gasteiger partial charge in [0.15, 0.2) is 0 Å². The van der Waals surface area contributed by atoms with Crippen molar-refractivity contribution in [2.45, 2.75) is 20.4 Å². The minimum absolute atomic E-state index is 0.378. The van der Waals surface area contributed by atoms with Gasteiger partial charge < -0.3 is 11.1 Å². The van der Waals surface area contributed by atoms with Crippen LogP contribution in [0.3, 0.4) is 0 Å². The molecule has 3 rings (SSSR count). The maximum Gasteiger partial charge on any atom is 0.140 e. The summed E-state index contributed by atoms with van der Waals surface area (Å²) in [6.45, 7) is 4.23. The molecule has 0 bridgehead atoms. The summed E-state index contributed by atoms with van der Waals surface area (Å²) >= 11 is 1.60. The summed E-state index contributed by atoms with van der Waals surface area (Å²) in [6.07, 6.45) is 1.77. The zero-order chi connectivity index (χ0) is 15.0. The minimum atomic E-state index is 0.378. The first kappa shape index (κ1) is 13.8. The molecule has 3 heterocycles. The van der Waals surface area contributed by atoms with Gasteiger partial charge in [0.25, 0.3) is 0 Å². The van der Waals surface area contributed by atoms with Gasteiger partial charge in [0.1, 0.15) is 22.2 Å². The number of nitrogens with zero attached hydrogens (tertiary/aromatic N) is 4. The Morgan fingerprint density at radius 3 is 2.76 bits per heavy atom. The van der Waals surface area contributed by atoms with E-state index in [4.69, 9.17) is 10.7 Å². The largest absolute Gasteiger partial charge is 0.372 e. The molecule has 6 nitrogen and oxygen atoms in total. The smallest absolute Gasteiger partial charge is 0.140 e. The number of pyridine rings is 1. The predicted octanol–water partition coefficient (Wildman–Crippen LogP) is 2.27. The van der Waals surface area contributed by atoms with Gasteiger partial charge in [-0.05, 0) is 19.9 Å². The van der Waals surface area contributed by atoms with Crippen molar-refractivity contribution in [2.75, 3.05) is 12.4 Å². The van der Waals surface area contributed by atoms with E-state index in [0.29, 0.717) is 6.54 Å². The second-order valence-corrected chi connectivity index (χ2v) is 5.69. The molecule has 3 aromatic rings. The lowest BCUT2D eigenvalue weighted by molar-refractivity contribution is 1.00. The first-order valence-corrected chi connectivity index (χ1v) is 7.43. The third kappa shape index (κ3) is 2.34. The van der Waals surface area contributed by atoms with Crippen LogP contribution < -0.4 is 11.1 Å². The molecule has 0 fully saturated rings. The summed E-state index contributed by atoms with van der Waals surface area (Å²) in [5.74, 6) is 1.53. The number of hydrogen-bond donors (Lipinski definition) is 2. The number of aromatic nitrogens is 4. The van der Waals surface area contributed by atoms with Crippen molar-refractivity contribution in [1.29, 1.82) is 0 Å². The summed E-state index contributed by atoms with van der Waals surface area (Å²) in [6, 6.07) is 1.96. The van der Waals surface area contributed by atoms with Crippen LogP contribution >= 0.6 is 11.3 Å². The van der Waals surface area contributed by atoms with Crippen molar-refractivity contribution in [3.05, 3.63) is 29.5 Å². The molecule has 0 aliphatic rings. The Morgan fingerprint density at radius 1 is 1.24 bits per heavy atom. The van der Waals surface area contributed by atoms with Crippen LogP contribution in [0.1, 0.15) is 17.2 Å². The minimum Gasteiger partial charge on any atom is -0.372 e. The van der Waals surface area contributed by atoms with E-state index >= 15 is 0 Å². The van der Waals surface area contributed by atoms with E-state index in [0.717, 1.165) is 43.8 Å². The molecule has 3 aromatic heterocycles. The summed E-state index contributed by atoms with van der Waals surface area (Å²) in [5.41, 5.74) is 9.26. The molecule has 108 valence electrons. The Hall–Kier alpha value is -2.12. The first-order chi connectivity index (χ1) is 10.1. The van der Waals surface area contributed by atoms with Crippen molar-refractivity contribution in [3.63, 3.8) is 0 Å². The van der Waals surface area contributed by atoms with Gasteiger partial charge in [0.2, 0.25) is 0 Å². The highest BCUT2D eigenvalue weighted by molar-refractivity contribution is 7.21. The normalized spacial score (nSPS) is 11.0. The second-order valence-electron chi connectivity index (χ2n) is 4.66. The Morgan fingerprint density at radius 2 is 2.05 bits per heavy atom. The van der Waals surface area contributed by atoms with Crippen molar-refractivity contribution < 1.29 is 0 Å². The van der Waals surface area contributed by atoms with Crippen LogP contribution in [-0.2, 0) is 6.54 Å². The van der Waals surface area contributed by atoms with E-state index in [9.17, 15) is 0 Å². The number of anilines is 1. The SMILES string of the molecule is CNc1nc(C)nc(C)c1-c1nc2c(CN)nccc2s1. The van der Waals surface area contributed by atoms with E-state index in [1.165, 1.54) is 0 Å². The van der Waals surface area contributed by atoms with Crippen molar-refractivity contribution in [1.82, 2.24) is 19.9 Å². The highest BCUT2D eigenvalue weighted by Crippen LogP contribution is 2.35. The third-order valence-corrected chi connectivity index (χ3v) is 4.27. The lowest BCUT2D eigenvalue weighted by Gasteiger charge is -2.09. The number of nitrogens with one attached hydrogen (secondary N) is 1.